The number of nitriles is 1. The van der Waals surface area contributed by atoms with Crippen LogP contribution < -0.4 is 5.73 Å². The molecule has 0 amide bonds. The minimum Gasteiger partial charge on any atom is -0.383 e. The van der Waals surface area contributed by atoms with Crippen LogP contribution in [0.1, 0.15) is 28.3 Å². The SMILES string of the molecule is N#Cc1cc(-c2ccncc2)c2c(c1)C(c1cccc(-c3cncnc3)c1)N=C2N. The van der Waals surface area contributed by atoms with E-state index in [4.69, 9.17) is 10.7 Å². The maximum Gasteiger partial charge on any atom is 0.127 e. The summed E-state index contributed by atoms with van der Waals surface area (Å²) < 4.78 is 0. The van der Waals surface area contributed by atoms with Crippen molar-refractivity contribution in [3.63, 3.8) is 0 Å². The largest absolute Gasteiger partial charge is 0.383 e. The lowest BCUT2D eigenvalue weighted by atomic mass is 9.89. The molecule has 1 unspecified atom stereocenters. The molecule has 1 aliphatic heterocycles. The molecule has 0 spiro atoms. The fourth-order valence-corrected chi connectivity index (χ4v) is 3.85. The fourth-order valence-electron chi connectivity index (χ4n) is 3.85. The van der Waals surface area contributed by atoms with Gasteiger partial charge in [0.05, 0.1) is 11.6 Å². The van der Waals surface area contributed by atoms with E-state index in [1.54, 1.807) is 24.8 Å². The molecule has 0 fully saturated rings. The van der Waals surface area contributed by atoms with Crippen molar-refractivity contribution in [1.82, 2.24) is 15.0 Å². The number of amidine groups is 1. The highest BCUT2D eigenvalue weighted by atomic mass is 14.9. The number of hydrogen-bond donors (Lipinski definition) is 1. The highest BCUT2D eigenvalue weighted by molar-refractivity contribution is 6.07. The molecule has 142 valence electrons. The molecule has 2 N–H and O–H groups in total. The third-order valence-corrected chi connectivity index (χ3v) is 5.20. The number of nitrogens with two attached hydrogens (primary N) is 1. The van der Waals surface area contributed by atoms with E-state index in [0.29, 0.717) is 11.4 Å². The Bertz CT molecular complexity index is 1310. The van der Waals surface area contributed by atoms with Crippen LogP contribution in [0.5, 0.6) is 0 Å². The fraction of sp³-hybridized carbons (Fsp3) is 0.0417. The minimum absolute atomic E-state index is 0.279. The van der Waals surface area contributed by atoms with Gasteiger partial charge in [0, 0.05) is 35.9 Å². The molecule has 1 atom stereocenters. The van der Waals surface area contributed by atoms with Gasteiger partial charge in [-0.3, -0.25) is 9.98 Å². The van der Waals surface area contributed by atoms with Gasteiger partial charge in [-0.2, -0.15) is 5.26 Å². The molecule has 2 aromatic carbocycles. The number of rotatable bonds is 3. The van der Waals surface area contributed by atoms with Crippen LogP contribution in [0, 0.1) is 11.3 Å². The lowest BCUT2D eigenvalue weighted by Gasteiger charge is -2.14. The third kappa shape index (κ3) is 2.99. The Balaban J connectivity index is 1.67. The van der Waals surface area contributed by atoms with Gasteiger partial charge in [0.1, 0.15) is 18.2 Å². The summed E-state index contributed by atoms with van der Waals surface area (Å²) in [6, 6.07) is 17.6. The van der Waals surface area contributed by atoms with Gasteiger partial charge in [-0.1, -0.05) is 18.2 Å². The molecule has 0 aliphatic carbocycles. The summed E-state index contributed by atoms with van der Waals surface area (Å²) >= 11 is 0. The maximum atomic E-state index is 9.61. The van der Waals surface area contributed by atoms with Crippen LogP contribution >= 0.6 is 0 Å². The predicted molar refractivity (Wildman–Crippen MR) is 114 cm³/mol. The van der Waals surface area contributed by atoms with E-state index >= 15 is 0 Å². The van der Waals surface area contributed by atoms with E-state index in [0.717, 1.165) is 38.9 Å². The highest BCUT2D eigenvalue weighted by Crippen LogP contribution is 2.40. The van der Waals surface area contributed by atoms with Gasteiger partial charge in [0.25, 0.3) is 0 Å². The van der Waals surface area contributed by atoms with E-state index in [1.165, 1.54) is 6.33 Å². The van der Waals surface area contributed by atoms with Gasteiger partial charge in [-0.05, 0) is 58.1 Å². The maximum absolute atomic E-state index is 9.61. The van der Waals surface area contributed by atoms with Gasteiger partial charge < -0.3 is 5.73 Å². The molecule has 2 aromatic heterocycles. The van der Waals surface area contributed by atoms with Crippen molar-refractivity contribution in [1.29, 1.82) is 5.26 Å². The number of hydrogen-bond acceptors (Lipinski definition) is 6. The van der Waals surface area contributed by atoms with Crippen LogP contribution in [0.3, 0.4) is 0 Å². The van der Waals surface area contributed by atoms with Crippen molar-refractivity contribution in [2.75, 3.05) is 0 Å². The molecule has 0 saturated heterocycles. The summed E-state index contributed by atoms with van der Waals surface area (Å²) in [5.41, 5.74) is 13.5. The van der Waals surface area contributed by atoms with E-state index in [1.807, 2.05) is 42.5 Å². The average molecular weight is 388 g/mol. The van der Waals surface area contributed by atoms with E-state index in [-0.39, 0.29) is 6.04 Å². The molecular formula is C24H16N6. The molecule has 6 heteroatoms. The van der Waals surface area contributed by atoms with Crippen LogP contribution in [0.4, 0.5) is 0 Å². The number of nitrogens with zero attached hydrogens (tertiary/aromatic N) is 5. The minimum atomic E-state index is -0.279. The average Bonchev–Trinajstić information content (AvgIpc) is 3.16. The van der Waals surface area contributed by atoms with Crippen LogP contribution in [0.2, 0.25) is 0 Å². The van der Waals surface area contributed by atoms with Crippen LogP contribution in [0.15, 0.2) is 84.6 Å². The lowest BCUT2D eigenvalue weighted by molar-refractivity contribution is 0.896. The number of fused-ring (bicyclic) bond motifs is 1. The summed E-state index contributed by atoms with van der Waals surface area (Å²) in [5.74, 6) is 0.472. The number of aliphatic imine (C=N–C) groups is 1. The summed E-state index contributed by atoms with van der Waals surface area (Å²) in [4.78, 5) is 17.1. The molecule has 30 heavy (non-hydrogen) atoms. The zero-order valence-corrected chi connectivity index (χ0v) is 15.9. The van der Waals surface area contributed by atoms with Crippen molar-refractivity contribution in [2.45, 2.75) is 6.04 Å². The first-order chi connectivity index (χ1) is 14.7. The molecule has 5 rings (SSSR count). The molecular weight excluding hydrogens is 372 g/mol. The Hall–Kier alpha value is -4.37. The first kappa shape index (κ1) is 17.7. The second kappa shape index (κ2) is 7.22. The summed E-state index contributed by atoms with van der Waals surface area (Å²) in [7, 11) is 0. The highest BCUT2D eigenvalue weighted by Gasteiger charge is 2.29. The second-order valence-electron chi connectivity index (χ2n) is 7.01. The summed E-state index contributed by atoms with van der Waals surface area (Å²) in [6.45, 7) is 0. The quantitative estimate of drug-likeness (QED) is 0.574. The Morgan fingerprint density at radius 1 is 0.867 bits per heavy atom. The van der Waals surface area contributed by atoms with Crippen LogP contribution in [-0.2, 0) is 0 Å². The molecule has 0 radical (unpaired) electrons. The molecule has 6 nitrogen and oxygen atoms in total. The normalized spacial score (nSPS) is 14.6. The van der Waals surface area contributed by atoms with Crippen molar-refractivity contribution >= 4 is 5.84 Å². The van der Waals surface area contributed by atoms with E-state index in [9.17, 15) is 5.26 Å². The standard InChI is InChI=1S/C24H16N6/c25-11-15-8-20(16-4-6-27-7-5-16)22-21(9-15)23(30-24(22)26)18-3-1-2-17(10-18)19-12-28-14-29-13-19/h1-10,12-14,23H,(H2,26,30). The second-order valence-corrected chi connectivity index (χ2v) is 7.01. The van der Waals surface area contributed by atoms with Crippen molar-refractivity contribution in [2.24, 2.45) is 10.7 Å². The van der Waals surface area contributed by atoms with E-state index < -0.39 is 0 Å². The number of aromatic nitrogens is 3. The first-order valence-corrected chi connectivity index (χ1v) is 9.42. The zero-order chi connectivity index (χ0) is 20.5. The van der Waals surface area contributed by atoms with Crippen molar-refractivity contribution in [3.8, 4) is 28.3 Å². The van der Waals surface area contributed by atoms with Gasteiger partial charge in [0.2, 0.25) is 0 Å². The Kier molecular flexibility index (Phi) is 4.26. The topological polar surface area (TPSA) is 101 Å². The van der Waals surface area contributed by atoms with Crippen LogP contribution in [-0.4, -0.2) is 20.8 Å². The summed E-state index contributed by atoms with van der Waals surface area (Å²) in [6.07, 6.45) is 8.52. The number of pyridine rings is 1. The Labute approximate surface area is 173 Å². The van der Waals surface area contributed by atoms with Gasteiger partial charge >= 0.3 is 0 Å². The third-order valence-electron chi connectivity index (χ3n) is 5.20. The van der Waals surface area contributed by atoms with Gasteiger partial charge in [0.15, 0.2) is 0 Å². The van der Waals surface area contributed by atoms with Gasteiger partial charge in [-0.15, -0.1) is 0 Å². The smallest absolute Gasteiger partial charge is 0.127 e. The Morgan fingerprint density at radius 3 is 2.43 bits per heavy atom. The van der Waals surface area contributed by atoms with E-state index in [2.05, 4.69) is 27.1 Å². The van der Waals surface area contributed by atoms with Crippen molar-refractivity contribution in [3.05, 3.63) is 102 Å². The summed E-state index contributed by atoms with van der Waals surface area (Å²) in [5, 5.41) is 9.61. The zero-order valence-electron chi connectivity index (χ0n) is 15.9. The monoisotopic (exact) mass is 388 g/mol. The van der Waals surface area contributed by atoms with Crippen LogP contribution in [0.25, 0.3) is 22.3 Å². The predicted octanol–water partition coefficient (Wildman–Crippen LogP) is 3.89. The molecule has 0 saturated carbocycles. The molecule has 4 aromatic rings. The molecule has 3 heterocycles. The molecule has 1 aliphatic rings. The first-order valence-electron chi connectivity index (χ1n) is 9.42. The van der Waals surface area contributed by atoms with Crippen molar-refractivity contribution < 1.29 is 0 Å². The van der Waals surface area contributed by atoms with Gasteiger partial charge in [-0.25, -0.2) is 9.97 Å². The lowest BCUT2D eigenvalue weighted by Crippen LogP contribution is -2.12. The molecule has 0 bridgehead atoms. The Morgan fingerprint density at radius 2 is 1.67 bits per heavy atom. The number of benzene rings is 2.